The van der Waals surface area contributed by atoms with Gasteiger partial charge in [0.1, 0.15) is 5.82 Å². The number of hydrogen-bond acceptors (Lipinski definition) is 2. The van der Waals surface area contributed by atoms with Gasteiger partial charge in [-0.15, -0.1) is 0 Å². The normalized spacial score (nSPS) is 23.2. The number of carbonyl (C=O) groups excluding carboxylic acids is 1. The molecule has 2 aliphatic rings. The Morgan fingerprint density at radius 2 is 2.09 bits per heavy atom. The van der Waals surface area contributed by atoms with Crippen LogP contribution in [0.4, 0.5) is 9.18 Å². The maximum atomic E-state index is 13.6. The molecule has 1 aromatic rings. The zero-order chi connectivity index (χ0) is 16.2. The molecule has 1 aliphatic carbocycles. The number of benzene rings is 1. The summed E-state index contributed by atoms with van der Waals surface area (Å²) in [4.78, 5) is 14.4. The van der Waals surface area contributed by atoms with Crippen LogP contribution >= 0.6 is 0 Å². The number of nitrogens with one attached hydrogen (secondary N) is 1. The molecule has 4 nitrogen and oxygen atoms in total. The molecule has 2 atom stereocenters. The van der Waals surface area contributed by atoms with Crippen molar-refractivity contribution in [2.75, 3.05) is 13.2 Å². The van der Waals surface area contributed by atoms with Crippen LogP contribution in [0.1, 0.15) is 50.1 Å². The highest BCUT2D eigenvalue weighted by molar-refractivity contribution is 5.75. The van der Waals surface area contributed by atoms with Crippen LogP contribution in [0.25, 0.3) is 0 Å². The van der Waals surface area contributed by atoms with Crippen LogP contribution in [0.5, 0.6) is 0 Å². The second kappa shape index (κ2) is 7.30. The van der Waals surface area contributed by atoms with Gasteiger partial charge in [-0.3, -0.25) is 0 Å². The molecule has 126 valence electrons. The van der Waals surface area contributed by atoms with E-state index in [-0.39, 0.29) is 30.5 Å². The van der Waals surface area contributed by atoms with Gasteiger partial charge in [-0.2, -0.15) is 0 Å². The predicted molar refractivity (Wildman–Crippen MR) is 86.4 cm³/mol. The Morgan fingerprint density at radius 3 is 2.78 bits per heavy atom. The monoisotopic (exact) mass is 320 g/mol. The number of urea groups is 1. The Hall–Kier alpha value is -1.62. The summed E-state index contributed by atoms with van der Waals surface area (Å²) in [6.45, 7) is 0.680. The number of halogens is 1. The largest absolute Gasteiger partial charge is 0.394 e. The van der Waals surface area contributed by atoms with E-state index >= 15 is 0 Å². The lowest BCUT2D eigenvalue weighted by molar-refractivity contribution is 0.151. The molecular weight excluding hydrogens is 295 g/mol. The number of aliphatic hydroxyl groups is 1. The van der Waals surface area contributed by atoms with Gasteiger partial charge in [0, 0.05) is 6.54 Å². The molecule has 2 amide bonds. The Balaban J connectivity index is 1.77. The van der Waals surface area contributed by atoms with Gasteiger partial charge in [-0.05, 0) is 49.3 Å². The molecule has 23 heavy (non-hydrogen) atoms. The van der Waals surface area contributed by atoms with Crippen molar-refractivity contribution >= 4 is 6.03 Å². The molecule has 0 spiro atoms. The van der Waals surface area contributed by atoms with Crippen molar-refractivity contribution in [1.29, 1.82) is 0 Å². The number of rotatable bonds is 4. The minimum absolute atomic E-state index is 0.00147. The number of nitrogens with zero attached hydrogens (tertiary/aromatic N) is 1. The standard InChI is InChI=1S/C18H25FN2O2/c19-15-8-3-7-14(11-15)17(13-5-1-2-6-13)20-18(23)21-10-4-9-16(21)12-22/h3,7-8,11,13,16-17,22H,1-2,4-6,9-10,12H2,(H,20,23). The molecule has 2 unspecified atom stereocenters. The summed E-state index contributed by atoms with van der Waals surface area (Å²) < 4.78 is 13.6. The van der Waals surface area contributed by atoms with E-state index in [0.29, 0.717) is 12.5 Å². The SMILES string of the molecule is O=C(NC(c1cccc(F)c1)C1CCCC1)N1CCCC1CO. The summed E-state index contributed by atoms with van der Waals surface area (Å²) in [6.07, 6.45) is 6.21. The first-order valence-corrected chi connectivity index (χ1v) is 8.62. The van der Waals surface area contributed by atoms with Gasteiger partial charge in [-0.1, -0.05) is 25.0 Å². The molecule has 3 rings (SSSR count). The van der Waals surface area contributed by atoms with Gasteiger partial charge in [0.15, 0.2) is 0 Å². The van der Waals surface area contributed by atoms with Gasteiger partial charge in [0.2, 0.25) is 0 Å². The quantitative estimate of drug-likeness (QED) is 0.895. The molecule has 5 heteroatoms. The molecular formula is C18H25FN2O2. The van der Waals surface area contributed by atoms with Crippen LogP contribution in [-0.4, -0.2) is 35.2 Å². The van der Waals surface area contributed by atoms with E-state index in [0.717, 1.165) is 44.1 Å². The third-order valence-electron chi connectivity index (χ3n) is 5.21. The molecule has 1 saturated carbocycles. The van der Waals surface area contributed by atoms with Crippen molar-refractivity contribution in [1.82, 2.24) is 10.2 Å². The molecule has 1 aromatic carbocycles. The van der Waals surface area contributed by atoms with E-state index in [2.05, 4.69) is 5.32 Å². The smallest absolute Gasteiger partial charge is 0.318 e. The summed E-state index contributed by atoms with van der Waals surface area (Å²) in [5.41, 5.74) is 0.838. The van der Waals surface area contributed by atoms with E-state index in [1.807, 2.05) is 6.07 Å². The number of carbonyl (C=O) groups is 1. The molecule has 1 heterocycles. The topological polar surface area (TPSA) is 52.6 Å². The molecule has 0 radical (unpaired) electrons. The molecule has 0 bridgehead atoms. The van der Waals surface area contributed by atoms with E-state index in [1.165, 1.54) is 12.1 Å². The van der Waals surface area contributed by atoms with E-state index in [1.54, 1.807) is 11.0 Å². The Bertz CT molecular complexity index is 546. The number of aliphatic hydroxyl groups excluding tert-OH is 1. The van der Waals surface area contributed by atoms with Crippen molar-refractivity contribution in [2.24, 2.45) is 5.92 Å². The van der Waals surface area contributed by atoms with Crippen molar-refractivity contribution in [3.8, 4) is 0 Å². The number of amides is 2. The van der Waals surface area contributed by atoms with Gasteiger partial charge in [0.05, 0.1) is 18.7 Å². The van der Waals surface area contributed by atoms with Crippen molar-refractivity contribution < 1.29 is 14.3 Å². The summed E-state index contributed by atoms with van der Waals surface area (Å²) in [6, 6.07) is 6.16. The summed E-state index contributed by atoms with van der Waals surface area (Å²) >= 11 is 0. The van der Waals surface area contributed by atoms with Crippen molar-refractivity contribution in [3.05, 3.63) is 35.6 Å². The molecule has 1 aliphatic heterocycles. The van der Waals surface area contributed by atoms with Crippen LogP contribution in [0.3, 0.4) is 0 Å². The summed E-state index contributed by atoms with van der Waals surface area (Å²) in [5.74, 6) is 0.0880. The molecule has 2 N–H and O–H groups in total. The van der Waals surface area contributed by atoms with Gasteiger partial charge in [0.25, 0.3) is 0 Å². The van der Waals surface area contributed by atoms with Crippen LogP contribution in [-0.2, 0) is 0 Å². The van der Waals surface area contributed by atoms with Crippen molar-refractivity contribution in [2.45, 2.75) is 50.6 Å². The lowest BCUT2D eigenvalue weighted by Gasteiger charge is -2.30. The third-order valence-corrected chi connectivity index (χ3v) is 5.21. The highest BCUT2D eigenvalue weighted by Crippen LogP contribution is 2.36. The van der Waals surface area contributed by atoms with Crippen LogP contribution < -0.4 is 5.32 Å². The second-order valence-corrected chi connectivity index (χ2v) is 6.70. The zero-order valence-corrected chi connectivity index (χ0v) is 13.4. The Labute approximate surface area is 136 Å². The third kappa shape index (κ3) is 3.66. The second-order valence-electron chi connectivity index (χ2n) is 6.70. The highest BCUT2D eigenvalue weighted by Gasteiger charge is 2.33. The lowest BCUT2D eigenvalue weighted by atomic mass is 9.91. The van der Waals surface area contributed by atoms with Gasteiger partial charge < -0.3 is 15.3 Å². The van der Waals surface area contributed by atoms with Crippen LogP contribution in [0.15, 0.2) is 24.3 Å². The first kappa shape index (κ1) is 16.2. The zero-order valence-electron chi connectivity index (χ0n) is 13.4. The van der Waals surface area contributed by atoms with Gasteiger partial charge in [-0.25, -0.2) is 9.18 Å². The molecule has 2 fully saturated rings. The fraction of sp³-hybridized carbons (Fsp3) is 0.611. The fourth-order valence-electron chi connectivity index (χ4n) is 3.97. The summed E-state index contributed by atoms with van der Waals surface area (Å²) in [5, 5.41) is 12.5. The predicted octanol–water partition coefficient (Wildman–Crippen LogP) is 3.22. The van der Waals surface area contributed by atoms with E-state index in [4.69, 9.17) is 0 Å². The number of likely N-dealkylation sites (tertiary alicyclic amines) is 1. The Kier molecular flexibility index (Phi) is 5.16. The highest BCUT2D eigenvalue weighted by atomic mass is 19.1. The van der Waals surface area contributed by atoms with E-state index < -0.39 is 0 Å². The maximum absolute atomic E-state index is 13.6. The molecule has 1 saturated heterocycles. The number of hydrogen-bond donors (Lipinski definition) is 2. The van der Waals surface area contributed by atoms with Crippen LogP contribution in [0, 0.1) is 11.7 Å². The first-order chi connectivity index (χ1) is 11.2. The van der Waals surface area contributed by atoms with Crippen LogP contribution in [0.2, 0.25) is 0 Å². The van der Waals surface area contributed by atoms with E-state index in [9.17, 15) is 14.3 Å². The Morgan fingerprint density at radius 1 is 1.30 bits per heavy atom. The lowest BCUT2D eigenvalue weighted by Crippen LogP contribution is -2.46. The average Bonchev–Trinajstić information content (AvgIpc) is 3.23. The minimum Gasteiger partial charge on any atom is -0.394 e. The minimum atomic E-state index is -0.269. The maximum Gasteiger partial charge on any atom is 0.318 e. The molecule has 0 aromatic heterocycles. The van der Waals surface area contributed by atoms with Gasteiger partial charge >= 0.3 is 6.03 Å². The summed E-state index contributed by atoms with van der Waals surface area (Å²) in [7, 11) is 0. The fourth-order valence-corrected chi connectivity index (χ4v) is 3.97. The average molecular weight is 320 g/mol. The first-order valence-electron chi connectivity index (χ1n) is 8.62. The van der Waals surface area contributed by atoms with Crippen molar-refractivity contribution in [3.63, 3.8) is 0 Å².